The highest BCUT2D eigenvalue weighted by Crippen LogP contribution is 2.26. The molecule has 0 saturated carbocycles. The summed E-state index contributed by atoms with van der Waals surface area (Å²) < 4.78 is 0. The van der Waals surface area contributed by atoms with Crippen LogP contribution in [-0.2, 0) is 4.79 Å². The van der Waals surface area contributed by atoms with Crippen LogP contribution in [0.1, 0.15) is 17.0 Å². The van der Waals surface area contributed by atoms with Crippen LogP contribution in [0.4, 0.5) is 0 Å². The minimum absolute atomic E-state index is 0.199. The summed E-state index contributed by atoms with van der Waals surface area (Å²) in [6, 6.07) is 19.3. The zero-order valence-electron chi connectivity index (χ0n) is 9.28. The lowest BCUT2D eigenvalue weighted by Crippen LogP contribution is -2.08. The van der Waals surface area contributed by atoms with Gasteiger partial charge in [0.05, 0.1) is 6.42 Å². The first kappa shape index (κ1) is 11.4. The predicted molar refractivity (Wildman–Crippen MR) is 66.7 cm³/mol. The predicted octanol–water partition coefficient (Wildman–Crippen LogP) is 3.11. The Morgan fingerprint density at radius 1 is 0.882 bits per heavy atom. The van der Waals surface area contributed by atoms with Crippen LogP contribution in [0.2, 0.25) is 0 Å². The quantitative estimate of drug-likeness (QED) is 0.868. The molecule has 2 heteroatoms. The summed E-state index contributed by atoms with van der Waals surface area (Å²) in [7, 11) is 0. The summed E-state index contributed by atoms with van der Waals surface area (Å²) in [5.41, 5.74) is 1.97. The molecule has 0 aromatic heterocycles. The maximum absolute atomic E-state index is 10.9. The molecular formula is C15H13O2. The Bertz CT molecular complexity index is 437. The molecule has 0 bridgehead atoms. The zero-order chi connectivity index (χ0) is 12.1. The van der Waals surface area contributed by atoms with Gasteiger partial charge in [-0.2, -0.15) is 0 Å². The van der Waals surface area contributed by atoms with Crippen molar-refractivity contribution < 1.29 is 9.90 Å². The van der Waals surface area contributed by atoms with Crippen molar-refractivity contribution in [2.24, 2.45) is 0 Å². The molecule has 2 aromatic rings. The van der Waals surface area contributed by atoms with Crippen LogP contribution in [0.5, 0.6) is 0 Å². The van der Waals surface area contributed by atoms with Crippen LogP contribution < -0.4 is 0 Å². The molecule has 17 heavy (non-hydrogen) atoms. The maximum atomic E-state index is 10.9. The van der Waals surface area contributed by atoms with E-state index in [1.165, 1.54) is 6.42 Å². The number of hydrogen-bond acceptors (Lipinski definition) is 1. The van der Waals surface area contributed by atoms with Gasteiger partial charge in [-0.05, 0) is 11.1 Å². The van der Waals surface area contributed by atoms with Gasteiger partial charge in [0, 0.05) is 5.92 Å². The van der Waals surface area contributed by atoms with Crippen LogP contribution in [0, 0.1) is 6.42 Å². The summed E-state index contributed by atoms with van der Waals surface area (Å²) in [4.78, 5) is 10.9. The summed E-state index contributed by atoms with van der Waals surface area (Å²) in [5.74, 6) is -1.10. The molecule has 1 radical (unpaired) electrons. The van der Waals surface area contributed by atoms with Crippen LogP contribution >= 0.6 is 0 Å². The fourth-order valence-corrected chi connectivity index (χ4v) is 1.85. The van der Waals surface area contributed by atoms with E-state index in [0.717, 1.165) is 11.1 Å². The number of carboxylic acid groups (broad SMARTS) is 1. The molecule has 0 saturated heterocycles. The lowest BCUT2D eigenvalue weighted by Gasteiger charge is -2.15. The Hall–Kier alpha value is -2.09. The fourth-order valence-electron chi connectivity index (χ4n) is 1.85. The van der Waals surface area contributed by atoms with Gasteiger partial charge in [-0.3, -0.25) is 4.79 Å². The summed E-state index contributed by atoms with van der Waals surface area (Å²) in [6.45, 7) is 0. The number of aliphatic carboxylic acids is 1. The van der Waals surface area contributed by atoms with E-state index < -0.39 is 5.97 Å². The summed E-state index contributed by atoms with van der Waals surface area (Å²) in [6.07, 6.45) is 1.32. The average Bonchev–Trinajstić information content (AvgIpc) is 2.38. The zero-order valence-corrected chi connectivity index (χ0v) is 9.28. The van der Waals surface area contributed by atoms with E-state index in [4.69, 9.17) is 5.11 Å². The molecule has 2 rings (SSSR count). The highest BCUT2D eigenvalue weighted by Gasteiger charge is 2.17. The largest absolute Gasteiger partial charge is 0.481 e. The molecule has 0 spiro atoms. The Balaban J connectivity index is 2.36. The Kier molecular flexibility index (Phi) is 3.55. The molecule has 0 atom stereocenters. The standard InChI is InChI=1S/C15H13O2/c16-15(17)11-14(12-7-3-1-4-8-12)13-9-5-2-6-10-13/h1-11,14H,(H,16,17). The van der Waals surface area contributed by atoms with Crippen molar-refractivity contribution in [2.45, 2.75) is 5.92 Å². The minimum Gasteiger partial charge on any atom is -0.481 e. The molecule has 0 unspecified atom stereocenters. The third-order valence-electron chi connectivity index (χ3n) is 2.63. The van der Waals surface area contributed by atoms with Gasteiger partial charge in [-0.1, -0.05) is 60.7 Å². The number of benzene rings is 2. The van der Waals surface area contributed by atoms with E-state index in [2.05, 4.69) is 0 Å². The average molecular weight is 225 g/mol. The van der Waals surface area contributed by atoms with Crippen LogP contribution in [-0.4, -0.2) is 11.1 Å². The van der Waals surface area contributed by atoms with Gasteiger partial charge in [0.15, 0.2) is 0 Å². The Morgan fingerprint density at radius 2 is 1.29 bits per heavy atom. The van der Waals surface area contributed by atoms with E-state index in [-0.39, 0.29) is 5.92 Å². The van der Waals surface area contributed by atoms with Crippen LogP contribution in [0.25, 0.3) is 0 Å². The lowest BCUT2D eigenvalue weighted by molar-refractivity contribution is -0.133. The first-order chi connectivity index (χ1) is 8.27. The molecule has 1 N–H and O–H groups in total. The molecule has 85 valence electrons. The second kappa shape index (κ2) is 5.30. The van der Waals surface area contributed by atoms with E-state index in [9.17, 15) is 4.79 Å². The fraction of sp³-hybridized carbons (Fsp3) is 0.0667. The first-order valence-corrected chi connectivity index (χ1v) is 5.45. The third kappa shape index (κ3) is 2.94. The Morgan fingerprint density at radius 3 is 1.65 bits per heavy atom. The number of rotatable bonds is 4. The van der Waals surface area contributed by atoms with E-state index >= 15 is 0 Å². The first-order valence-electron chi connectivity index (χ1n) is 5.45. The molecule has 0 heterocycles. The molecule has 0 aliphatic rings. The summed E-state index contributed by atoms with van der Waals surface area (Å²) in [5, 5.41) is 8.95. The molecule has 0 aliphatic heterocycles. The number of carboxylic acids is 1. The second-order valence-electron chi connectivity index (χ2n) is 3.80. The van der Waals surface area contributed by atoms with Gasteiger partial charge in [0.2, 0.25) is 0 Å². The molecular weight excluding hydrogens is 212 g/mol. The van der Waals surface area contributed by atoms with E-state index in [1.54, 1.807) is 0 Å². The van der Waals surface area contributed by atoms with Crippen molar-refractivity contribution in [1.82, 2.24) is 0 Å². The van der Waals surface area contributed by atoms with Crippen molar-refractivity contribution in [2.75, 3.05) is 0 Å². The normalized spacial score (nSPS) is 10.4. The lowest BCUT2D eigenvalue weighted by atomic mass is 9.89. The van der Waals surface area contributed by atoms with Crippen molar-refractivity contribution in [1.29, 1.82) is 0 Å². The van der Waals surface area contributed by atoms with Crippen molar-refractivity contribution in [3.05, 3.63) is 78.2 Å². The molecule has 0 fully saturated rings. The topological polar surface area (TPSA) is 37.3 Å². The van der Waals surface area contributed by atoms with Gasteiger partial charge in [0.1, 0.15) is 0 Å². The Labute approximate surface area is 101 Å². The maximum Gasteiger partial charge on any atom is 0.308 e. The van der Waals surface area contributed by atoms with E-state index in [0.29, 0.717) is 0 Å². The highest BCUT2D eigenvalue weighted by atomic mass is 16.4. The van der Waals surface area contributed by atoms with Gasteiger partial charge in [-0.25, -0.2) is 0 Å². The highest BCUT2D eigenvalue weighted by molar-refractivity contribution is 5.79. The molecule has 2 aromatic carbocycles. The van der Waals surface area contributed by atoms with Gasteiger partial charge in [0.25, 0.3) is 0 Å². The monoisotopic (exact) mass is 225 g/mol. The number of carbonyl (C=O) groups is 1. The van der Waals surface area contributed by atoms with Crippen molar-refractivity contribution in [3.63, 3.8) is 0 Å². The second-order valence-corrected chi connectivity index (χ2v) is 3.80. The SMILES string of the molecule is O=C(O)[CH]C(c1ccccc1)c1ccccc1. The molecule has 0 aliphatic carbocycles. The number of hydrogen-bond donors (Lipinski definition) is 1. The third-order valence-corrected chi connectivity index (χ3v) is 2.63. The molecule has 0 amide bonds. The van der Waals surface area contributed by atoms with Gasteiger partial charge >= 0.3 is 5.97 Å². The van der Waals surface area contributed by atoms with Crippen molar-refractivity contribution >= 4 is 5.97 Å². The minimum atomic E-state index is -0.900. The van der Waals surface area contributed by atoms with Crippen LogP contribution in [0.3, 0.4) is 0 Å². The van der Waals surface area contributed by atoms with Crippen LogP contribution in [0.15, 0.2) is 60.7 Å². The van der Waals surface area contributed by atoms with Gasteiger partial charge < -0.3 is 5.11 Å². The van der Waals surface area contributed by atoms with E-state index in [1.807, 2.05) is 60.7 Å². The molecule has 2 nitrogen and oxygen atoms in total. The van der Waals surface area contributed by atoms with Gasteiger partial charge in [-0.15, -0.1) is 0 Å². The summed E-state index contributed by atoms with van der Waals surface area (Å²) >= 11 is 0. The smallest absolute Gasteiger partial charge is 0.308 e. The van der Waals surface area contributed by atoms with Crippen molar-refractivity contribution in [3.8, 4) is 0 Å².